The molecule has 0 bridgehead atoms. The van der Waals surface area contributed by atoms with Gasteiger partial charge in [0.25, 0.3) is 5.91 Å². The summed E-state index contributed by atoms with van der Waals surface area (Å²) in [6.07, 6.45) is 5.21. The standard InChI is InChI=1S/C24H21FN2O2S2/c25-19-9-1-2-10-20(19)29-15-22(28)27-24(21-11-5-13-31-21)18-8-3-6-16(23(18)26-27)14-17-7-4-12-30-17/h1-2,4-5,7,9-14,18,24H,3,6,8,15H2/b16-14+. The molecule has 1 saturated carbocycles. The third-order valence-electron chi connectivity index (χ3n) is 5.64. The second-order valence-electron chi connectivity index (χ2n) is 7.59. The molecule has 5 rings (SSSR count). The van der Waals surface area contributed by atoms with Gasteiger partial charge in [-0.15, -0.1) is 22.7 Å². The molecule has 7 heteroatoms. The first-order valence-corrected chi connectivity index (χ1v) is 12.0. The minimum atomic E-state index is -0.479. The molecule has 4 nitrogen and oxygen atoms in total. The van der Waals surface area contributed by atoms with Gasteiger partial charge in [-0.05, 0) is 65.9 Å². The van der Waals surface area contributed by atoms with E-state index in [0.717, 1.165) is 29.9 Å². The minimum Gasteiger partial charge on any atom is -0.481 e. The Bertz CT molecular complexity index is 1120. The lowest BCUT2D eigenvalue weighted by Gasteiger charge is -2.28. The number of hydrazone groups is 1. The largest absolute Gasteiger partial charge is 0.481 e. The molecule has 31 heavy (non-hydrogen) atoms. The molecule has 0 N–H and O–H groups in total. The summed E-state index contributed by atoms with van der Waals surface area (Å²) in [5, 5.41) is 10.5. The number of thiophene rings is 2. The van der Waals surface area contributed by atoms with Crippen LogP contribution in [0.5, 0.6) is 5.75 Å². The van der Waals surface area contributed by atoms with Crippen molar-refractivity contribution in [1.82, 2.24) is 5.01 Å². The lowest BCUT2D eigenvalue weighted by molar-refractivity contribution is -0.135. The minimum absolute atomic E-state index is 0.0751. The van der Waals surface area contributed by atoms with Gasteiger partial charge in [0.15, 0.2) is 18.2 Å². The van der Waals surface area contributed by atoms with Crippen molar-refractivity contribution in [3.8, 4) is 5.75 Å². The summed E-state index contributed by atoms with van der Waals surface area (Å²) in [6.45, 7) is -0.254. The molecule has 2 aliphatic rings. The highest BCUT2D eigenvalue weighted by atomic mass is 32.1. The Morgan fingerprint density at radius 3 is 2.77 bits per heavy atom. The molecule has 0 radical (unpaired) electrons. The van der Waals surface area contributed by atoms with Gasteiger partial charge in [-0.25, -0.2) is 9.40 Å². The Morgan fingerprint density at radius 2 is 2.00 bits per heavy atom. The summed E-state index contributed by atoms with van der Waals surface area (Å²) < 4.78 is 19.4. The van der Waals surface area contributed by atoms with Gasteiger partial charge in [-0.3, -0.25) is 4.79 Å². The van der Waals surface area contributed by atoms with Crippen molar-refractivity contribution < 1.29 is 13.9 Å². The van der Waals surface area contributed by atoms with Gasteiger partial charge in [0, 0.05) is 15.7 Å². The van der Waals surface area contributed by atoms with Crippen LogP contribution in [0.2, 0.25) is 0 Å². The van der Waals surface area contributed by atoms with E-state index in [1.165, 1.54) is 22.6 Å². The zero-order chi connectivity index (χ0) is 21.2. The SMILES string of the molecule is O=C(COc1ccccc1F)N1N=C2/C(=C/c3cccs3)CCCC2C1c1cccs1. The third kappa shape index (κ3) is 4.07. The maximum absolute atomic E-state index is 13.9. The first kappa shape index (κ1) is 20.2. The fourth-order valence-corrected chi connectivity index (χ4v) is 5.81. The van der Waals surface area contributed by atoms with E-state index in [2.05, 4.69) is 23.6 Å². The molecule has 1 aromatic carbocycles. The van der Waals surface area contributed by atoms with Crippen molar-refractivity contribution in [2.75, 3.05) is 6.61 Å². The lowest BCUT2D eigenvalue weighted by Crippen LogP contribution is -2.34. The zero-order valence-electron chi connectivity index (χ0n) is 16.7. The first-order valence-electron chi connectivity index (χ1n) is 10.3. The van der Waals surface area contributed by atoms with E-state index >= 15 is 0 Å². The van der Waals surface area contributed by atoms with Gasteiger partial charge in [-0.1, -0.05) is 24.3 Å². The van der Waals surface area contributed by atoms with Gasteiger partial charge < -0.3 is 4.74 Å². The summed E-state index contributed by atoms with van der Waals surface area (Å²) in [5.74, 6) is -0.506. The maximum atomic E-state index is 13.9. The molecule has 1 amide bonds. The van der Waals surface area contributed by atoms with E-state index in [4.69, 9.17) is 9.84 Å². The highest BCUT2D eigenvalue weighted by Crippen LogP contribution is 2.45. The first-order chi connectivity index (χ1) is 15.2. The van der Waals surface area contributed by atoms with E-state index < -0.39 is 5.82 Å². The highest BCUT2D eigenvalue weighted by Gasteiger charge is 2.44. The number of nitrogens with zero attached hydrogens (tertiary/aromatic N) is 2. The number of allylic oxidation sites excluding steroid dienone is 1. The van der Waals surface area contributed by atoms with Crippen molar-refractivity contribution in [2.45, 2.75) is 25.3 Å². The number of amides is 1. The van der Waals surface area contributed by atoms with Crippen molar-refractivity contribution in [1.29, 1.82) is 0 Å². The smallest absolute Gasteiger partial charge is 0.281 e. The van der Waals surface area contributed by atoms with Crippen LogP contribution in [0.25, 0.3) is 6.08 Å². The van der Waals surface area contributed by atoms with Gasteiger partial charge >= 0.3 is 0 Å². The number of para-hydroxylation sites is 1. The van der Waals surface area contributed by atoms with E-state index in [1.54, 1.807) is 39.8 Å². The molecule has 1 aliphatic heterocycles. The molecule has 2 atom stereocenters. The molecule has 0 saturated heterocycles. The Labute approximate surface area is 188 Å². The summed E-state index contributed by atoms with van der Waals surface area (Å²) >= 11 is 3.33. The number of benzene rings is 1. The highest BCUT2D eigenvalue weighted by molar-refractivity contribution is 7.11. The Balaban J connectivity index is 1.44. The number of carbonyl (C=O) groups excluding carboxylic acids is 1. The fourth-order valence-electron chi connectivity index (χ4n) is 4.26. The van der Waals surface area contributed by atoms with Crippen molar-refractivity contribution >= 4 is 40.4 Å². The second kappa shape index (κ2) is 8.77. The third-order valence-corrected chi connectivity index (χ3v) is 7.40. The molecule has 2 aromatic heterocycles. The number of halogens is 1. The maximum Gasteiger partial charge on any atom is 0.281 e. The normalized spacial score (nSPS) is 21.8. The number of rotatable bonds is 5. The molecule has 0 spiro atoms. The van der Waals surface area contributed by atoms with Gasteiger partial charge in [-0.2, -0.15) is 5.10 Å². The van der Waals surface area contributed by atoms with Crippen molar-refractivity contribution in [2.24, 2.45) is 11.0 Å². The monoisotopic (exact) mass is 452 g/mol. The van der Waals surface area contributed by atoms with Crippen LogP contribution in [0.3, 0.4) is 0 Å². The summed E-state index contributed by atoms with van der Waals surface area (Å²) in [4.78, 5) is 15.5. The second-order valence-corrected chi connectivity index (χ2v) is 9.55. The predicted octanol–water partition coefficient (Wildman–Crippen LogP) is 6.15. The van der Waals surface area contributed by atoms with Crippen LogP contribution >= 0.6 is 22.7 Å². The average Bonchev–Trinajstić information content (AvgIpc) is 3.53. The molecule has 2 unspecified atom stereocenters. The number of ether oxygens (including phenoxy) is 1. The van der Waals surface area contributed by atoms with Crippen LogP contribution in [0.4, 0.5) is 4.39 Å². The van der Waals surface area contributed by atoms with Crippen LogP contribution in [-0.2, 0) is 4.79 Å². The lowest BCUT2D eigenvalue weighted by atomic mass is 9.79. The molecular weight excluding hydrogens is 431 g/mol. The van der Waals surface area contributed by atoms with E-state index in [9.17, 15) is 9.18 Å². The summed E-state index contributed by atoms with van der Waals surface area (Å²) in [7, 11) is 0. The molecule has 3 aromatic rings. The summed E-state index contributed by atoms with van der Waals surface area (Å²) in [5.41, 5.74) is 2.20. The molecule has 1 fully saturated rings. The van der Waals surface area contributed by atoms with Crippen LogP contribution < -0.4 is 4.74 Å². The quantitative estimate of drug-likeness (QED) is 0.466. The predicted molar refractivity (Wildman–Crippen MR) is 123 cm³/mol. The van der Waals surface area contributed by atoms with E-state index in [1.807, 2.05) is 17.5 Å². The van der Waals surface area contributed by atoms with Gasteiger partial charge in [0.1, 0.15) is 0 Å². The molecule has 1 aliphatic carbocycles. The van der Waals surface area contributed by atoms with Gasteiger partial charge in [0.05, 0.1) is 11.8 Å². The van der Waals surface area contributed by atoms with Crippen molar-refractivity contribution in [3.05, 3.63) is 80.4 Å². The van der Waals surface area contributed by atoms with Crippen LogP contribution in [0.1, 0.15) is 35.1 Å². The molecular formula is C24H21FN2O2S2. The number of carbonyl (C=O) groups is 1. The number of hydrogen-bond acceptors (Lipinski definition) is 5. The topological polar surface area (TPSA) is 41.9 Å². The van der Waals surface area contributed by atoms with Crippen LogP contribution in [-0.4, -0.2) is 23.2 Å². The number of hydrogen-bond donors (Lipinski definition) is 0. The Kier molecular flexibility index (Phi) is 5.70. The average molecular weight is 453 g/mol. The van der Waals surface area contributed by atoms with E-state index in [-0.39, 0.29) is 30.2 Å². The van der Waals surface area contributed by atoms with E-state index in [0.29, 0.717) is 0 Å². The van der Waals surface area contributed by atoms with Gasteiger partial charge in [0.2, 0.25) is 0 Å². The summed E-state index contributed by atoms with van der Waals surface area (Å²) in [6, 6.07) is 14.2. The Hall–Kier alpha value is -2.77. The van der Waals surface area contributed by atoms with Crippen LogP contribution in [0, 0.1) is 11.7 Å². The van der Waals surface area contributed by atoms with Crippen LogP contribution in [0.15, 0.2) is 70.0 Å². The number of fused-ring (bicyclic) bond motifs is 1. The fraction of sp³-hybridized carbons (Fsp3) is 0.250. The molecule has 3 heterocycles. The zero-order valence-corrected chi connectivity index (χ0v) is 18.4. The van der Waals surface area contributed by atoms with Crippen molar-refractivity contribution in [3.63, 3.8) is 0 Å². The molecule has 158 valence electrons. The Morgan fingerprint density at radius 1 is 1.16 bits per heavy atom.